The second-order valence-corrected chi connectivity index (χ2v) is 7.72. The second kappa shape index (κ2) is 7.35. The molecule has 0 saturated carbocycles. The Bertz CT molecular complexity index is 483. The first-order valence-corrected chi connectivity index (χ1v) is 8.57. The highest BCUT2D eigenvalue weighted by Crippen LogP contribution is 2.24. The Morgan fingerprint density at radius 1 is 1.26 bits per heavy atom. The predicted octanol–water partition coefficient (Wildman–Crippen LogP) is 1.20. The summed E-state index contributed by atoms with van der Waals surface area (Å²) in [5.74, 6) is 0. The third-order valence-corrected chi connectivity index (χ3v) is 6.04. The number of likely N-dealkylation sites (N-methyl/N-ethyl adjacent to an activating group) is 1. The van der Waals surface area contributed by atoms with E-state index in [-0.39, 0.29) is 6.61 Å². The van der Waals surface area contributed by atoms with Crippen molar-refractivity contribution in [3.05, 3.63) is 17.0 Å². The maximum atomic E-state index is 12.5. The molecule has 0 aromatic carbocycles. The lowest BCUT2D eigenvalue weighted by molar-refractivity contribution is 0.282. The van der Waals surface area contributed by atoms with Crippen LogP contribution < -0.4 is 0 Å². The summed E-state index contributed by atoms with van der Waals surface area (Å²) in [7, 11) is 0.411. The van der Waals surface area contributed by atoms with E-state index in [1.807, 2.05) is 25.9 Å². The molecule has 0 aliphatic heterocycles. The van der Waals surface area contributed by atoms with Gasteiger partial charge in [0.1, 0.15) is 4.21 Å². The van der Waals surface area contributed by atoms with E-state index in [1.165, 1.54) is 15.6 Å². The lowest BCUT2D eigenvalue weighted by Gasteiger charge is -2.22. The number of rotatable bonds is 8. The lowest BCUT2D eigenvalue weighted by Crippen LogP contribution is -2.36. The largest absolute Gasteiger partial charge is 0.392 e. The maximum Gasteiger partial charge on any atom is 0.252 e. The van der Waals surface area contributed by atoms with Gasteiger partial charge < -0.3 is 10.0 Å². The van der Waals surface area contributed by atoms with E-state index in [0.29, 0.717) is 29.4 Å². The highest BCUT2D eigenvalue weighted by Gasteiger charge is 2.25. The molecule has 1 heterocycles. The number of aliphatic hydroxyl groups is 1. The summed E-state index contributed by atoms with van der Waals surface area (Å²) < 4.78 is 26.8. The molecule has 1 rings (SSSR count). The van der Waals surface area contributed by atoms with Crippen LogP contribution in [0.1, 0.15) is 18.9 Å². The third-order valence-electron chi connectivity index (χ3n) is 2.68. The molecule has 0 amide bonds. The molecule has 0 fully saturated rings. The standard InChI is InChI=1S/C12H22N2O3S2/c1-4-5-14(7-6-13(2)3)19(16,17)12-8-11(9-15)10-18-12/h8,10,15H,4-7,9H2,1-3H3. The van der Waals surface area contributed by atoms with Crippen molar-refractivity contribution in [3.63, 3.8) is 0 Å². The van der Waals surface area contributed by atoms with Gasteiger partial charge in [-0.15, -0.1) is 11.3 Å². The average molecular weight is 306 g/mol. The van der Waals surface area contributed by atoms with Crippen molar-refractivity contribution in [3.8, 4) is 0 Å². The van der Waals surface area contributed by atoms with E-state index in [4.69, 9.17) is 5.11 Å². The van der Waals surface area contributed by atoms with Gasteiger partial charge in [-0.25, -0.2) is 8.42 Å². The Morgan fingerprint density at radius 3 is 2.42 bits per heavy atom. The first kappa shape index (κ1) is 16.6. The molecule has 5 nitrogen and oxygen atoms in total. The molecule has 1 aromatic heterocycles. The van der Waals surface area contributed by atoms with Crippen molar-refractivity contribution in [2.75, 3.05) is 33.7 Å². The zero-order valence-corrected chi connectivity index (χ0v) is 13.3. The predicted molar refractivity (Wildman–Crippen MR) is 77.8 cm³/mol. The van der Waals surface area contributed by atoms with Crippen molar-refractivity contribution in [1.82, 2.24) is 9.21 Å². The second-order valence-electron chi connectivity index (χ2n) is 4.64. The lowest BCUT2D eigenvalue weighted by atomic mass is 10.4. The number of nitrogens with zero attached hydrogens (tertiary/aromatic N) is 2. The molecule has 0 aliphatic rings. The first-order chi connectivity index (χ1) is 8.91. The first-order valence-electron chi connectivity index (χ1n) is 6.25. The van der Waals surface area contributed by atoms with Crippen molar-refractivity contribution in [2.45, 2.75) is 24.2 Å². The van der Waals surface area contributed by atoms with Crippen LogP contribution in [0, 0.1) is 0 Å². The van der Waals surface area contributed by atoms with Crippen molar-refractivity contribution < 1.29 is 13.5 Å². The minimum Gasteiger partial charge on any atom is -0.392 e. The van der Waals surface area contributed by atoms with Gasteiger partial charge in [0.05, 0.1) is 6.61 Å². The smallest absolute Gasteiger partial charge is 0.252 e. The third kappa shape index (κ3) is 4.54. The van der Waals surface area contributed by atoms with Gasteiger partial charge in [-0.2, -0.15) is 4.31 Å². The van der Waals surface area contributed by atoms with Crippen LogP contribution in [0.5, 0.6) is 0 Å². The number of aliphatic hydroxyl groups excluding tert-OH is 1. The monoisotopic (exact) mass is 306 g/mol. The van der Waals surface area contributed by atoms with E-state index in [0.717, 1.165) is 6.42 Å². The topological polar surface area (TPSA) is 60.9 Å². The van der Waals surface area contributed by atoms with Crippen LogP contribution in [0.25, 0.3) is 0 Å². The Balaban J connectivity index is 2.91. The molecule has 0 aliphatic carbocycles. The van der Waals surface area contributed by atoms with Crippen LogP contribution in [0.4, 0.5) is 0 Å². The molecule has 1 aromatic rings. The molecule has 19 heavy (non-hydrogen) atoms. The van der Waals surface area contributed by atoms with Gasteiger partial charge in [0, 0.05) is 19.6 Å². The van der Waals surface area contributed by atoms with Crippen LogP contribution in [-0.2, 0) is 16.6 Å². The Hall–Kier alpha value is -0.470. The van der Waals surface area contributed by atoms with Crippen LogP contribution in [0.15, 0.2) is 15.7 Å². The zero-order chi connectivity index (χ0) is 14.5. The van der Waals surface area contributed by atoms with Gasteiger partial charge in [-0.1, -0.05) is 6.92 Å². The fourth-order valence-electron chi connectivity index (χ4n) is 1.61. The van der Waals surface area contributed by atoms with Gasteiger partial charge in [0.25, 0.3) is 10.0 Å². The summed E-state index contributed by atoms with van der Waals surface area (Å²) in [6.07, 6.45) is 0.783. The van der Waals surface area contributed by atoms with E-state index in [9.17, 15) is 8.42 Å². The van der Waals surface area contributed by atoms with Gasteiger partial charge in [-0.3, -0.25) is 0 Å². The minimum atomic E-state index is -3.43. The summed E-state index contributed by atoms with van der Waals surface area (Å²) in [5, 5.41) is 10.7. The van der Waals surface area contributed by atoms with Crippen LogP contribution in [0.2, 0.25) is 0 Å². The number of hydrogen-bond acceptors (Lipinski definition) is 5. The zero-order valence-electron chi connectivity index (χ0n) is 11.7. The Labute approximate surface area is 119 Å². The normalized spacial score (nSPS) is 12.5. The molecule has 110 valence electrons. The molecular weight excluding hydrogens is 284 g/mol. The summed E-state index contributed by atoms with van der Waals surface area (Å²) in [6, 6.07) is 1.55. The highest BCUT2D eigenvalue weighted by atomic mass is 32.2. The number of hydrogen-bond donors (Lipinski definition) is 1. The molecule has 0 radical (unpaired) electrons. The summed E-state index contributed by atoms with van der Waals surface area (Å²) >= 11 is 1.17. The van der Waals surface area contributed by atoms with Crippen molar-refractivity contribution in [2.24, 2.45) is 0 Å². The summed E-state index contributed by atoms with van der Waals surface area (Å²) in [6.45, 7) is 3.53. The molecule has 0 bridgehead atoms. The van der Waals surface area contributed by atoms with E-state index >= 15 is 0 Å². The van der Waals surface area contributed by atoms with Crippen LogP contribution in [-0.4, -0.2) is 56.5 Å². The van der Waals surface area contributed by atoms with Crippen LogP contribution >= 0.6 is 11.3 Å². The van der Waals surface area contributed by atoms with Crippen molar-refractivity contribution >= 4 is 21.4 Å². The Morgan fingerprint density at radius 2 is 1.95 bits per heavy atom. The molecule has 0 spiro atoms. The molecule has 0 saturated heterocycles. The maximum absolute atomic E-state index is 12.5. The fraction of sp³-hybridized carbons (Fsp3) is 0.667. The molecule has 0 atom stereocenters. The van der Waals surface area contributed by atoms with E-state index < -0.39 is 10.0 Å². The molecule has 7 heteroatoms. The quantitative estimate of drug-likeness (QED) is 0.784. The molecule has 0 unspecified atom stereocenters. The summed E-state index contributed by atoms with van der Waals surface area (Å²) in [4.78, 5) is 1.96. The molecule has 1 N–H and O–H groups in total. The minimum absolute atomic E-state index is 0.127. The van der Waals surface area contributed by atoms with Crippen molar-refractivity contribution in [1.29, 1.82) is 0 Å². The number of sulfonamides is 1. The fourth-order valence-corrected chi connectivity index (χ4v) is 4.49. The van der Waals surface area contributed by atoms with Gasteiger partial charge in [-0.05, 0) is 37.5 Å². The van der Waals surface area contributed by atoms with Gasteiger partial charge in [0.15, 0.2) is 0 Å². The summed E-state index contributed by atoms with van der Waals surface area (Å²) in [5.41, 5.74) is 0.646. The van der Waals surface area contributed by atoms with Gasteiger partial charge in [0.2, 0.25) is 0 Å². The molecular formula is C12H22N2O3S2. The van der Waals surface area contributed by atoms with E-state index in [2.05, 4.69) is 0 Å². The van der Waals surface area contributed by atoms with E-state index in [1.54, 1.807) is 11.4 Å². The van der Waals surface area contributed by atoms with Crippen LogP contribution in [0.3, 0.4) is 0 Å². The number of thiophene rings is 1. The average Bonchev–Trinajstić information content (AvgIpc) is 2.83. The highest BCUT2D eigenvalue weighted by molar-refractivity contribution is 7.91. The SMILES string of the molecule is CCCN(CCN(C)C)S(=O)(=O)c1cc(CO)cs1. The Kier molecular flexibility index (Phi) is 6.41. The van der Waals surface area contributed by atoms with Gasteiger partial charge >= 0.3 is 0 Å².